The van der Waals surface area contributed by atoms with Gasteiger partial charge in [-0.3, -0.25) is 4.99 Å². The van der Waals surface area contributed by atoms with Crippen LogP contribution in [-0.4, -0.2) is 6.21 Å². The summed E-state index contributed by atoms with van der Waals surface area (Å²) in [5.74, 6) is 2.98. The van der Waals surface area contributed by atoms with Crippen molar-refractivity contribution in [2.45, 2.75) is 43.9 Å². The highest BCUT2D eigenvalue weighted by Gasteiger charge is 2.51. The van der Waals surface area contributed by atoms with E-state index in [1.807, 2.05) is 30.5 Å². The van der Waals surface area contributed by atoms with E-state index in [2.05, 4.69) is 29.3 Å². The van der Waals surface area contributed by atoms with Gasteiger partial charge in [0.2, 0.25) is 0 Å². The van der Waals surface area contributed by atoms with Gasteiger partial charge in [-0.1, -0.05) is 35.9 Å². The first-order valence-corrected chi connectivity index (χ1v) is 9.97. The lowest BCUT2D eigenvalue weighted by Crippen LogP contribution is -2.48. The van der Waals surface area contributed by atoms with Gasteiger partial charge in [-0.2, -0.15) is 0 Å². The predicted molar refractivity (Wildman–Crippen MR) is 105 cm³/mol. The molecular formula is C23H24ClN. The Morgan fingerprint density at radius 2 is 1.36 bits per heavy atom. The lowest BCUT2D eigenvalue weighted by Gasteiger charge is -2.57. The highest BCUT2D eigenvalue weighted by Crippen LogP contribution is 2.60. The molecule has 2 heteroatoms. The molecule has 4 bridgehead atoms. The van der Waals surface area contributed by atoms with Crippen LogP contribution in [0, 0.1) is 17.8 Å². The summed E-state index contributed by atoms with van der Waals surface area (Å²) < 4.78 is 0. The summed E-state index contributed by atoms with van der Waals surface area (Å²) in [6.07, 6.45) is 10.7. The van der Waals surface area contributed by atoms with Crippen LogP contribution >= 0.6 is 11.6 Å². The fraction of sp³-hybridized carbons (Fsp3) is 0.435. The Kier molecular flexibility index (Phi) is 3.74. The molecule has 0 atom stereocenters. The molecule has 128 valence electrons. The van der Waals surface area contributed by atoms with Gasteiger partial charge in [0.1, 0.15) is 0 Å². The van der Waals surface area contributed by atoms with Gasteiger partial charge in [0.15, 0.2) is 0 Å². The fourth-order valence-corrected chi connectivity index (χ4v) is 6.19. The van der Waals surface area contributed by atoms with E-state index in [0.29, 0.717) is 5.41 Å². The number of halogens is 1. The molecule has 0 saturated heterocycles. The Bertz CT molecular complexity index is 753. The normalized spacial score (nSPS) is 33.2. The second-order valence-corrected chi connectivity index (χ2v) is 8.99. The number of nitrogens with zero attached hydrogens (tertiary/aromatic N) is 1. The number of hydrogen-bond acceptors (Lipinski definition) is 1. The molecule has 4 fully saturated rings. The first-order valence-electron chi connectivity index (χ1n) is 9.59. The summed E-state index contributed by atoms with van der Waals surface area (Å²) in [6.45, 7) is 0. The van der Waals surface area contributed by atoms with Crippen LogP contribution in [0.1, 0.15) is 49.7 Å². The fourth-order valence-electron chi connectivity index (χ4n) is 6.06. The number of benzene rings is 2. The van der Waals surface area contributed by atoms with E-state index in [0.717, 1.165) is 34.0 Å². The van der Waals surface area contributed by atoms with Crippen LogP contribution in [-0.2, 0) is 5.41 Å². The minimum Gasteiger partial charge on any atom is -0.256 e. The van der Waals surface area contributed by atoms with Gasteiger partial charge >= 0.3 is 0 Å². The monoisotopic (exact) mass is 349 g/mol. The van der Waals surface area contributed by atoms with E-state index in [-0.39, 0.29) is 0 Å². The zero-order valence-electron chi connectivity index (χ0n) is 14.5. The summed E-state index contributed by atoms with van der Waals surface area (Å²) in [7, 11) is 0. The van der Waals surface area contributed by atoms with E-state index in [4.69, 9.17) is 11.6 Å². The molecule has 0 N–H and O–H groups in total. The number of hydrogen-bond donors (Lipinski definition) is 0. The average Bonchev–Trinajstić information content (AvgIpc) is 2.60. The van der Waals surface area contributed by atoms with Crippen LogP contribution in [0.4, 0.5) is 5.69 Å². The second kappa shape index (κ2) is 5.99. The highest BCUT2D eigenvalue weighted by molar-refractivity contribution is 6.30. The molecule has 4 saturated carbocycles. The van der Waals surface area contributed by atoms with E-state index in [1.54, 1.807) is 5.56 Å². The maximum atomic E-state index is 5.93. The molecule has 2 aromatic carbocycles. The van der Waals surface area contributed by atoms with Crippen LogP contribution in [0.2, 0.25) is 5.02 Å². The van der Waals surface area contributed by atoms with Gasteiger partial charge in [-0.05, 0) is 97.1 Å². The molecule has 0 amide bonds. The largest absolute Gasteiger partial charge is 0.256 e. The zero-order chi connectivity index (χ0) is 16.9. The first-order chi connectivity index (χ1) is 12.2. The molecule has 2 aromatic rings. The molecule has 0 heterocycles. The molecule has 0 unspecified atom stereocenters. The third kappa shape index (κ3) is 2.93. The maximum Gasteiger partial charge on any atom is 0.0630 e. The lowest BCUT2D eigenvalue weighted by atomic mass is 9.48. The van der Waals surface area contributed by atoms with Gasteiger partial charge in [-0.25, -0.2) is 0 Å². The average molecular weight is 350 g/mol. The van der Waals surface area contributed by atoms with E-state index in [9.17, 15) is 0 Å². The number of aliphatic imine (C=N–C) groups is 1. The van der Waals surface area contributed by atoms with E-state index in [1.165, 1.54) is 38.5 Å². The summed E-state index contributed by atoms with van der Waals surface area (Å²) in [6, 6.07) is 16.9. The number of rotatable bonds is 3. The van der Waals surface area contributed by atoms with Crippen LogP contribution < -0.4 is 0 Å². The molecule has 0 spiro atoms. The quantitative estimate of drug-likeness (QED) is 0.556. The zero-order valence-corrected chi connectivity index (χ0v) is 15.3. The Balaban J connectivity index is 1.36. The van der Waals surface area contributed by atoms with Gasteiger partial charge in [0.25, 0.3) is 0 Å². The maximum absolute atomic E-state index is 5.93. The smallest absolute Gasteiger partial charge is 0.0630 e. The van der Waals surface area contributed by atoms with Crippen molar-refractivity contribution in [3.63, 3.8) is 0 Å². The molecule has 4 aliphatic rings. The molecule has 6 rings (SSSR count). The van der Waals surface area contributed by atoms with E-state index < -0.39 is 0 Å². The standard InChI is InChI=1S/C23H24ClN/c24-21-5-1-16(2-6-21)15-25-22-7-3-20(4-8-22)23-12-17-9-18(13-23)11-19(10-17)14-23/h1-8,15,17-19H,9-14H2. The van der Waals surface area contributed by atoms with Crippen molar-refractivity contribution in [1.82, 2.24) is 0 Å². The summed E-state index contributed by atoms with van der Waals surface area (Å²) in [5.41, 5.74) is 4.16. The minimum absolute atomic E-state index is 0.479. The Morgan fingerprint density at radius 3 is 1.92 bits per heavy atom. The van der Waals surface area contributed by atoms with Gasteiger partial charge in [-0.15, -0.1) is 0 Å². The van der Waals surface area contributed by atoms with Gasteiger partial charge in [0.05, 0.1) is 5.69 Å². The summed E-state index contributed by atoms with van der Waals surface area (Å²) >= 11 is 5.93. The SMILES string of the molecule is Clc1ccc(C=Nc2ccc(C34CC5CC(CC(C5)C3)C4)cc2)cc1. The third-order valence-corrected chi connectivity index (χ3v) is 7.00. The molecule has 25 heavy (non-hydrogen) atoms. The van der Waals surface area contributed by atoms with E-state index >= 15 is 0 Å². The van der Waals surface area contributed by atoms with Crippen LogP contribution in [0.15, 0.2) is 53.5 Å². The van der Waals surface area contributed by atoms with Crippen molar-refractivity contribution >= 4 is 23.5 Å². The Hall–Kier alpha value is -1.60. The Morgan fingerprint density at radius 1 is 0.800 bits per heavy atom. The van der Waals surface area contributed by atoms with Crippen molar-refractivity contribution in [3.8, 4) is 0 Å². The van der Waals surface area contributed by atoms with Crippen LogP contribution in [0.25, 0.3) is 0 Å². The van der Waals surface area contributed by atoms with Crippen LogP contribution in [0.5, 0.6) is 0 Å². The van der Waals surface area contributed by atoms with Gasteiger partial charge < -0.3 is 0 Å². The van der Waals surface area contributed by atoms with Gasteiger partial charge in [0, 0.05) is 11.2 Å². The molecule has 0 aliphatic heterocycles. The minimum atomic E-state index is 0.479. The topological polar surface area (TPSA) is 12.4 Å². The van der Waals surface area contributed by atoms with Crippen molar-refractivity contribution in [2.24, 2.45) is 22.7 Å². The third-order valence-electron chi connectivity index (χ3n) is 6.75. The summed E-state index contributed by atoms with van der Waals surface area (Å²) in [4.78, 5) is 4.63. The predicted octanol–water partition coefficient (Wildman–Crippen LogP) is 6.56. The first kappa shape index (κ1) is 15.6. The van der Waals surface area contributed by atoms with Crippen LogP contribution in [0.3, 0.4) is 0 Å². The highest BCUT2D eigenvalue weighted by atomic mass is 35.5. The molecular weight excluding hydrogens is 326 g/mol. The molecule has 0 aromatic heterocycles. The Labute approximate surface area is 155 Å². The summed E-state index contributed by atoms with van der Waals surface area (Å²) in [5, 5.41) is 0.761. The molecule has 4 aliphatic carbocycles. The van der Waals surface area contributed by atoms with Crippen molar-refractivity contribution in [2.75, 3.05) is 0 Å². The lowest BCUT2D eigenvalue weighted by molar-refractivity contribution is -0.00518. The molecule has 0 radical (unpaired) electrons. The van der Waals surface area contributed by atoms with Crippen molar-refractivity contribution in [3.05, 3.63) is 64.7 Å². The van der Waals surface area contributed by atoms with Crippen molar-refractivity contribution in [1.29, 1.82) is 0 Å². The second-order valence-electron chi connectivity index (χ2n) is 8.55. The van der Waals surface area contributed by atoms with Crippen molar-refractivity contribution < 1.29 is 0 Å². The molecule has 1 nitrogen and oxygen atoms in total.